The zero-order valence-corrected chi connectivity index (χ0v) is 8.41. The smallest absolute Gasteiger partial charge is 0.0312 e. The van der Waals surface area contributed by atoms with E-state index in [-0.39, 0.29) is 0 Å². The van der Waals surface area contributed by atoms with Gasteiger partial charge in [-0.3, -0.25) is 4.98 Å². The van der Waals surface area contributed by atoms with Gasteiger partial charge in [-0.05, 0) is 25.7 Å². The molecule has 0 atom stereocenters. The lowest BCUT2D eigenvalue weighted by molar-refractivity contribution is 0.402. The third-order valence-corrected chi connectivity index (χ3v) is 1.22. The summed E-state index contributed by atoms with van der Waals surface area (Å²) in [5.74, 6) is 0. The molecule has 0 amide bonds. The maximum absolute atomic E-state index is 4.01. The lowest BCUT2D eigenvalue weighted by atomic mass is 10.3. The average Bonchev–Trinajstić information content (AvgIpc) is 2.08. The topological polar surface area (TPSA) is 16.1 Å². The molecule has 1 aromatic rings. The van der Waals surface area contributed by atoms with Crippen LogP contribution in [0.15, 0.2) is 24.5 Å². The van der Waals surface area contributed by atoms with Crippen molar-refractivity contribution in [3.8, 4) is 0 Å². The van der Waals surface area contributed by atoms with Crippen molar-refractivity contribution in [2.45, 2.75) is 20.4 Å². The Labute approximate surface area is 75.2 Å². The number of pyridine rings is 1. The minimum atomic E-state index is 0.966. The third kappa shape index (κ3) is 4.85. The van der Waals surface area contributed by atoms with Crippen molar-refractivity contribution in [2.24, 2.45) is 0 Å². The second kappa shape index (κ2) is 6.80. The fraction of sp³-hybridized carbons (Fsp3) is 0.500. The van der Waals surface area contributed by atoms with Gasteiger partial charge in [-0.2, -0.15) is 0 Å². The maximum atomic E-state index is 4.01. The number of nitrogens with zero attached hydrogens (tertiary/aromatic N) is 2. The van der Waals surface area contributed by atoms with Crippen molar-refractivity contribution < 1.29 is 0 Å². The number of aromatic nitrogens is 1. The van der Waals surface area contributed by atoms with Crippen LogP contribution >= 0.6 is 0 Å². The first kappa shape index (κ1) is 11.1. The molecule has 2 heteroatoms. The van der Waals surface area contributed by atoms with Crippen molar-refractivity contribution in [1.29, 1.82) is 0 Å². The summed E-state index contributed by atoms with van der Waals surface area (Å²) in [6.07, 6.45) is 3.68. The first-order valence-electron chi connectivity index (χ1n) is 4.32. The Kier molecular flexibility index (Phi) is 6.29. The molecule has 12 heavy (non-hydrogen) atoms. The molecule has 0 unspecified atom stereocenters. The Morgan fingerprint density at radius 2 is 2.00 bits per heavy atom. The molecule has 0 aromatic carbocycles. The SMILES string of the molecule is CC.CN(C)Cc1cccnc1. The maximum Gasteiger partial charge on any atom is 0.0312 e. The van der Waals surface area contributed by atoms with Gasteiger partial charge in [-0.25, -0.2) is 0 Å². The summed E-state index contributed by atoms with van der Waals surface area (Å²) in [7, 11) is 4.10. The molecule has 2 nitrogen and oxygen atoms in total. The zero-order chi connectivity index (χ0) is 9.40. The minimum Gasteiger partial charge on any atom is -0.305 e. The molecule has 0 saturated carbocycles. The zero-order valence-electron chi connectivity index (χ0n) is 8.41. The van der Waals surface area contributed by atoms with Gasteiger partial charge in [0, 0.05) is 18.9 Å². The standard InChI is InChI=1S/C8H12N2.C2H6/c1-10(2)7-8-4-3-5-9-6-8;1-2/h3-6H,7H2,1-2H3;1-2H3. The normalized spacial score (nSPS) is 9.08. The van der Waals surface area contributed by atoms with E-state index in [1.54, 1.807) is 6.20 Å². The van der Waals surface area contributed by atoms with Gasteiger partial charge < -0.3 is 4.90 Å². The van der Waals surface area contributed by atoms with Gasteiger partial charge in [0.05, 0.1) is 0 Å². The van der Waals surface area contributed by atoms with E-state index in [1.807, 2.05) is 40.2 Å². The van der Waals surface area contributed by atoms with Gasteiger partial charge in [0.1, 0.15) is 0 Å². The van der Waals surface area contributed by atoms with Crippen molar-refractivity contribution in [3.05, 3.63) is 30.1 Å². The molecule has 0 radical (unpaired) electrons. The molecule has 0 aliphatic rings. The summed E-state index contributed by atoms with van der Waals surface area (Å²) >= 11 is 0. The van der Waals surface area contributed by atoms with E-state index in [0.717, 1.165) is 6.54 Å². The predicted octanol–water partition coefficient (Wildman–Crippen LogP) is 2.17. The highest BCUT2D eigenvalue weighted by Crippen LogP contribution is 1.97. The fourth-order valence-corrected chi connectivity index (χ4v) is 0.857. The predicted molar refractivity (Wildman–Crippen MR) is 53.0 cm³/mol. The van der Waals surface area contributed by atoms with Crippen molar-refractivity contribution in [2.75, 3.05) is 14.1 Å². The van der Waals surface area contributed by atoms with Crippen LogP contribution in [0.25, 0.3) is 0 Å². The molecule has 1 heterocycles. The Morgan fingerprint density at radius 1 is 1.33 bits per heavy atom. The van der Waals surface area contributed by atoms with E-state index in [2.05, 4.69) is 16.0 Å². The third-order valence-electron chi connectivity index (χ3n) is 1.22. The van der Waals surface area contributed by atoms with Crippen LogP contribution in [0, 0.1) is 0 Å². The lowest BCUT2D eigenvalue weighted by Gasteiger charge is -2.07. The molecule has 1 aromatic heterocycles. The molecule has 1 rings (SSSR count). The highest BCUT2D eigenvalue weighted by atomic mass is 15.0. The monoisotopic (exact) mass is 166 g/mol. The highest BCUT2D eigenvalue weighted by molar-refractivity contribution is 5.07. The Bertz CT molecular complexity index is 182. The summed E-state index contributed by atoms with van der Waals surface area (Å²) in [5, 5.41) is 0. The molecule has 68 valence electrons. The summed E-state index contributed by atoms with van der Waals surface area (Å²) in [6.45, 7) is 4.97. The quantitative estimate of drug-likeness (QED) is 0.669. The van der Waals surface area contributed by atoms with Crippen LogP contribution in [-0.2, 0) is 6.54 Å². The van der Waals surface area contributed by atoms with E-state index >= 15 is 0 Å². The van der Waals surface area contributed by atoms with E-state index in [0.29, 0.717) is 0 Å². The van der Waals surface area contributed by atoms with E-state index in [4.69, 9.17) is 0 Å². The van der Waals surface area contributed by atoms with E-state index in [9.17, 15) is 0 Å². The second-order valence-corrected chi connectivity index (χ2v) is 2.60. The Morgan fingerprint density at radius 3 is 2.42 bits per heavy atom. The summed E-state index contributed by atoms with van der Waals surface area (Å²) < 4.78 is 0. The van der Waals surface area contributed by atoms with Crippen molar-refractivity contribution >= 4 is 0 Å². The van der Waals surface area contributed by atoms with E-state index < -0.39 is 0 Å². The molecule has 0 N–H and O–H groups in total. The van der Waals surface area contributed by atoms with Gasteiger partial charge in [0.15, 0.2) is 0 Å². The van der Waals surface area contributed by atoms with Gasteiger partial charge in [-0.1, -0.05) is 19.9 Å². The van der Waals surface area contributed by atoms with Gasteiger partial charge in [0.2, 0.25) is 0 Å². The molecule has 0 spiro atoms. The van der Waals surface area contributed by atoms with Crippen LogP contribution in [0.5, 0.6) is 0 Å². The van der Waals surface area contributed by atoms with E-state index in [1.165, 1.54) is 5.56 Å². The Balaban J connectivity index is 0.000000561. The second-order valence-electron chi connectivity index (χ2n) is 2.60. The van der Waals surface area contributed by atoms with Crippen LogP contribution in [0.2, 0.25) is 0 Å². The molecular weight excluding hydrogens is 148 g/mol. The highest BCUT2D eigenvalue weighted by Gasteiger charge is 1.91. The largest absolute Gasteiger partial charge is 0.305 e. The number of hydrogen-bond acceptors (Lipinski definition) is 2. The molecule has 0 saturated heterocycles. The summed E-state index contributed by atoms with van der Waals surface area (Å²) in [5.41, 5.74) is 1.26. The Hall–Kier alpha value is -0.890. The van der Waals surface area contributed by atoms with Crippen LogP contribution in [0.3, 0.4) is 0 Å². The first-order valence-corrected chi connectivity index (χ1v) is 4.32. The fourth-order valence-electron chi connectivity index (χ4n) is 0.857. The average molecular weight is 166 g/mol. The minimum absolute atomic E-state index is 0.966. The van der Waals surface area contributed by atoms with Gasteiger partial charge >= 0.3 is 0 Å². The number of rotatable bonds is 2. The first-order chi connectivity index (χ1) is 5.79. The molecule has 0 aliphatic heterocycles. The molecule has 0 fully saturated rings. The lowest BCUT2D eigenvalue weighted by Crippen LogP contribution is -2.10. The van der Waals surface area contributed by atoms with Crippen molar-refractivity contribution in [3.63, 3.8) is 0 Å². The van der Waals surface area contributed by atoms with Gasteiger partial charge in [0.25, 0.3) is 0 Å². The van der Waals surface area contributed by atoms with Crippen LogP contribution in [-0.4, -0.2) is 24.0 Å². The van der Waals surface area contributed by atoms with Crippen LogP contribution in [0.4, 0.5) is 0 Å². The summed E-state index contributed by atoms with van der Waals surface area (Å²) in [4.78, 5) is 6.13. The molecule has 0 aliphatic carbocycles. The molecular formula is C10H18N2. The van der Waals surface area contributed by atoms with Crippen LogP contribution < -0.4 is 0 Å². The summed E-state index contributed by atoms with van der Waals surface area (Å²) in [6, 6.07) is 4.03. The molecule has 0 bridgehead atoms. The van der Waals surface area contributed by atoms with Crippen LogP contribution in [0.1, 0.15) is 19.4 Å². The number of hydrogen-bond donors (Lipinski definition) is 0. The van der Waals surface area contributed by atoms with Crippen molar-refractivity contribution in [1.82, 2.24) is 9.88 Å². The van der Waals surface area contributed by atoms with Gasteiger partial charge in [-0.15, -0.1) is 0 Å².